The Bertz CT molecular complexity index is 957. The second kappa shape index (κ2) is 8.55. The second-order valence-corrected chi connectivity index (χ2v) is 6.64. The summed E-state index contributed by atoms with van der Waals surface area (Å²) in [6.45, 7) is 4.16. The van der Waals surface area contributed by atoms with Gasteiger partial charge in [0.15, 0.2) is 11.5 Å². The van der Waals surface area contributed by atoms with Crippen molar-refractivity contribution in [1.82, 2.24) is 4.90 Å². The second-order valence-electron chi connectivity index (χ2n) is 6.64. The Morgan fingerprint density at radius 1 is 1.31 bits per heavy atom. The molecule has 2 aromatic carbocycles. The van der Waals surface area contributed by atoms with Crippen molar-refractivity contribution in [2.75, 3.05) is 13.7 Å². The number of nitro groups is 1. The molecule has 1 aliphatic heterocycles. The first-order valence-electron chi connectivity index (χ1n) is 8.90. The highest BCUT2D eigenvalue weighted by Crippen LogP contribution is 2.37. The highest BCUT2D eigenvalue weighted by molar-refractivity contribution is 6.00. The average Bonchev–Trinajstić information content (AvgIpc) is 3.12. The lowest BCUT2D eigenvalue weighted by Crippen LogP contribution is -2.36. The Balaban J connectivity index is 1.95. The van der Waals surface area contributed by atoms with E-state index in [-0.39, 0.29) is 30.2 Å². The number of ether oxygens (including phenoxy) is 2. The van der Waals surface area contributed by atoms with Crippen molar-refractivity contribution >= 4 is 17.9 Å². The molecule has 0 spiro atoms. The molecular weight excluding hydrogens is 376 g/mol. The van der Waals surface area contributed by atoms with Crippen LogP contribution in [0.15, 0.2) is 54.6 Å². The Kier molecular flexibility index (Phi) is 5.92. The molecule has 1 saturated heterocycles. The minimum Gasteiger partial charge on any atom is -0.493 e. The summed E-state index contributed by atoms with van der Waals surface area (Å²) in [6.07, 6.45) is 0.995. The number of rotatable bonds is 7. The Hall–Kier alpha value is -3.68. The number of hydrogen-bond acceptors (Lipinski definition) is 6. The van der Waals surface area contributed by atoms with Crippen molar-refractivity contribution in [2.45, 2.75) is 19.1 Å². The monoisotopic (exact) mass is 396 g/mol. The molecule has 2 aromatic rings. The zero-order valence-corrected chi connectivity index (χ0v) is 15.9. The van der Waals surface area contributed by atoms with E-state index in [4.69, 9.17) is 9.47 Å². The first-order chi connectivity index (χ1) is 13.9. The van der Waals surface area contributed by atoms with Crippen LogP contribution in [0.3, 0.4) is 0 Å². The minimum absolute atomic E-state index is 0.150. The molecule has 0 N–H and O–H groups in total. The van der Waals surface area contributed by atoms with Crippen LogP contribution in [0.2, 0.25) is 0 Å². The van der Waals surface area contributed by atoms with Gasteiger partial charge in [0.05, 0.1) is 24.1 Å². The van der Waals surface area contributed by atoms with E-state index < -0.39 is 22.6 Å². The molecule has 0 bridgehead atoms. The van der Waals surface area contributed by atoms with Crippen molar-refractivity contribution in [3.63, 3.8) is 0 Å². The average molecular weight is 396 g/mol. The van der Waals surface area contributed by atoms with Crippen LogP contribution in [0.4, 0.5) is 5.69 Å². The summed E-state index contributed by atoms with van der Waals surface area (Å²) in [5.74, 6) is -0.284. The van der Waals surface area contributed by atoms with Gasteiger partial charge in [0.25, 0.3) is 11.6 Å². The predicted molar refractivity (Wildman–Crippen MR) is 105 cm³/mol. The fourth-order valence-electron chi connectivity index (χ4n) is 3.21. The zero-order valence-electron chi connectivity index (χ0n) is 15.9. The number of nitro benzene ring substituents is 1. The molecule has 0 aliphatic carbocycles. The van der Waals surface area contributed by atoms with Gasteiger partial charge in [-0.05, 0) is 12.0 Å². The van der Waals surface area contributed by atoms with Crippen LogP contribution < -0.4 is 9.47 Å². The van der Waals surface area contributed by atoms with Gasteiger partial charge in [0.1, 0.15) is 18.5 Å². The van der Waals surface area contributed by atoms with Gasteiger partial charge in [0.2, 0.25) is 0 Å². The summed E-state index contributed by atoms with van der Waals surface area (Å²) in [5.41, 5.74) is 1.01. The van der Waals surface area contributed by atoms with Gasteiger partial charge in [-0.2, -0.15) is 0 Å². The molecule has 1 amide bonds. The summed E-state index contributed by atoms with van der Waals surface area (Å²) < 4.78 is 11.0. The third-order valence-electron chi connectivity index (χ3n) is 4.66. The maximum atomic E-state index is 13.0. The molecule has 150 valence electrons. The maximum absolute atomic E-state index is 13.0. The predicted octanol–water partition coefficient (Wildman–Crippen LogP) is 3.15. The molecule has 0 saturated carbocycles. The molecular formula is C21H20N2O6. The van der Waals surface area contributed by atoms with Crippen LogP contribution in [0, 0.1) is 10.1 Å². The van der Waals surface area contributed by atoms with Crippen LogP contribution in [0.1, 0.15) is 22.3 Å². The molecule has 1 aliphatic rings. The molecule has 0 radical (unpaired) electrons. The van der Waals surface area contributed by atoms with E-state index >= 15 is 0 Å². The zero-order chi connectivity index (χ0) is 21.0. The minimum atomic E-state index is -0.686. The molecule has 8 nitrogen and oxygen atoms in total. The van der Waals surface area contributed by atoms with E-state index in [0.29, 0.717) is 18.3 Å². The highest BCUT2D eigenvalue weighted by Gasteiger charge is 2.35. The molecule has 29 heavy (non-hydrogen) atoms. The molecule has 1 unspecified atom stereocenters. The van der Waals surface area contributed by atoms with Gasteiger partial charge < -0.3 is 19.2 Å². The SMILES string of the molecule is C=C1CC(C=O)N(C(=O)c2cc(OC)c(OCc3ccccc3)cc2[N+](=O)[O-])C1. The van der Waals surface area contributed by atoms with Crippen molar-refractivity contribution < 1.29 is 24.0 Å². The molecule has 8 heteroatoms. The fraction of sp³-hybridized carbons (Fsp3) is 0.238. The largest absolute Gasteiger partial charge is 0.493 e. The molecule has 3 rings (SSSR count). The maximum Gasteiger partial charge on any atom is 0.286 e. The third-order valence-corrected chi connectivity index (χ3v) is 4.66. The van der Waals surface area contributed by atoms with E-state index in [0.717, 1.165) is 5.56 Å². The first kappa shape index (κ1) is 20.1. The van der Waals surface area contributed by atoms with Crippen LogP contribution in [-0.2, 0) is 11.4 Å². The number of amides is 1. The van der Waals surface area contributed by atoms with Gasteiger partial charge >= 0.3 is 0 Å². The number of aldehydes is 1. The lowest BCUT2D eigenvalue weighted by atomic mass is 10.1. The number of methoxy groups -OCH3 is 1. The van der Waals surface area contributed by atoms with Crippen LogP contribution in [-0.4, -0.2) is 41.7 Å². The van der Waals surface area contributed by atoms with Gasteiger partial charge in [-0.15, -0.1) is 0 Å². The Labute approximate surface area is 167 Å². The topological polar surface area (TPSA) is 99.0 Å². The number of likely N-dealkylation sites (tertiary alicyclic amines) is 1. The number of hydrogen-bond donors (Lipinski definition) is 0. The van der Waals surface area contributed by atoms with Gasteiger partial charge in [-0.1, -0.05) is 42.5 Å². The quantitative estimate of drug-likeness (QED) is 0.309. The fourth-order valence-corrected chi connectivity index (χ4v) is 3.21. The molecule has 0 aromatic heterocycles. The van der Waals surface area contributed by atoms with Crippen molar-refractivity contribution in [3.8, 4) is 11.5 Å². The summed E-state index contributed by atoms with van der Waals surface area (Å²) in [6, 6.07) is 11.1. The normalized spacial score (nSPS) is 15.8. The van der Waals surface area contributed by atoms with Crippen molar-refractivity contribution in [3.05, 3.63) is 75.9 Å². The first-order valence-corrected chi connectivity index (χ1v) is 8.90. The number of benzene rings is 2. The van der Waals surface area contributed by atoms with E-state index in [1.54, 1.807) is 0 Å². The summed E-state index contributed by atoms with van der Waals surface area (Å²) >= 11 is 0. The lowest BCUT2D eigenvalue weighted by Gasteiger charge is -2.20. The van der Waals surface area contributed by atoms with Crippen LogP contribution >= 0.6 is 0 Å². The molecule has 1 fully saturated rings. The van der Waals surface area contributed by atoms with Crippen molar-refractivity contribution in [2.24, 2.45) is 0 Å². The standard InChI is InChI=1S/C21H20N2O6/c1-14-8-16(12-24)22(11-14)21(25)17-9-19(28-2)20(10-18(17)23(26)27)29-13-15-6-4-3-5-7-15/h3-7,9-10,12,16H,1,8,11,13H2,2H3. The molecule has 1 atom stereocenters. The lowest BCUT2D eigenvalue weighted by molar-refractivity contribution is -0.385. The Morgan fingerprint density at radius 3 is 2.66 bits per heavy atom. The number of carbonyl (C=O) groups excluding carboxylic acids is 2. The summed E-state index contributed by atoms with van der Waals surface area (Å²) in [4.78, 5) is 36.5. The van der Waals surface area contributed by atoms with E-state index in [9.17, 15) is 19.7 Å². The van der Waals surface area contributed by atoms with E-state index in [1.165, 1.54) is 24.1 Å². The number of carbonyl (C=O) groups is 2. The highest BCUT2D eigenvalue weighted by atomic mass is 16.6. The van der Waals surface area contributed by atoms with Crippen molar-refractivity contribution in [1.29, 1.82) is 0 Å². The summed E-state index contributed by atoms with van der Waals surface area (Å²) in [7, 11) is 1.39. The number of nitrogens with zero attached hydrogens (tertiary/aromatic N) is 2. The Morgan fingerprint density at radius 2 is 2.03 bits per heavy atom. The van der Waals surface area contributed by atoms with Crippen LogP contribution in [0.25, 0.3) is 0 Å². The third kappa shape index (κ3) is 4.26. The van der Waals surface area contributed by atoms with Crippen LogP contribution in [0.5, 0.6) is 11.5 Å². The van der Waals surface area contributed by atoms with Gasteiger partial charge in [0, 0.05) is 12.6 Å². The smallest absolute Gasteiger partial charge is 0.286 e. The molecule has 1 heterocycles. The van der Waals surface area contributed by atoms with Gasteiger partial charge in [-0.25, -0.2) is 0 Å². The van der Waals surface area contributed by atoms with E-state index in [2.05, 4.69) is 6.58 Å². The van der Waals surface area contributed by atoms with E-state index in [1.807, 2.05) is 30.3 Å². The summed E-state index contributed by atoms with van der Waals surface area (Å²) in [5, 5.41) is 11.6. The van der Waals surface area contributed by atoms with Gasteiger partial charge in [-0.3, -0.25) is 14.9 Å².